The lowest BCUT2D eigenvalue weighted by atomic mass is 10.1. The van der Waals surface area contributed by atoms with Crippen LogP contribution in [0.1, 0.15) is 31.7 Å². The predicted octanol–water partition coefficient (Wildman–Crippen LogP) is 2.12. The monoisotopic (exact) mass is 182 g/mol. The first kappa shape index (κ1) is 10.3. The molecule has 1 atom stereocenters. The first-order valence-electron chi connectivity index (χ1n) is 4.85. The average molecular weight is 182 g/mol. The van der Waals surface area contributed by atoms with Gasteiger partial charge in [-0.25, -0.2) is 0 Å². The minimum absolute atomic E-state index is 0.730. The van der Waals surface area contributed by atoms with Gasteiger partial charge in [-0.3, -0.25) is 0 Å². The summed E-state index contributed by atoms with van der Waals surface area (Å²) in [5.41, 5.74) is 0.987. The maximum atomic E-state index is 4.96. The highest BCUT2D eigenvalue weighted by Crippen LogP contribution is 2.02. The van der Waals surface area contributed by atoms with Crippen LogP contribution in [-0.4, -0.2) is 11.7 Å². The van der Waals surface area contributed by atoms with E-state index in [4.69, 9.17) is 4.52 Å². The quantitative estimate of drug-likeness (QED) is 0.758. The highest BCUT2D eigenvalue weighted by Gasteiger charge is 2.01. The highest BCUT2D eigenvalue weighted by atomic mass is 16.5. The van der Waals surface area contributed by atoms with Gasteiger partial charge in [-0.15, -0.1) is 0 Å². The fourth-order valence-electron chi connectivity index (χ4n) is 1.09. The van der Waals surface area contributed by atoms with Crippen molar-refractivity contribution in [2.45, 2.75) is 33.7 Å². The lowest BCUT2D eigenvalue weighted by Crippen LogP contribution is -2.20. The first-order valence-corrected chi connectivity index (χ1v) is 4.85. The van der Waals surface area contributed by atoms with Crippen molar-refractivity contribution in [3.8, 4) is 0 Å². The van der Waals surface area contributed by atoms with Crippen LogP contribution in [0.2, 0.25) is 0 Å². The molecule has 0 aliphatic heterocycles. The Bertz CT molecular complexity index is 245. The van der Waals surface area contributed by atoms with Gasteiger partial charge in [-0.05, 0) is 19.4 Å². The van der Waals surface area contributed by atoms with Crippen molar-refractivity contribution in [1.82, 2.24) is 10.5 Å². The van der Waals surface area contributed by atoms with Crippen LogP contribution < -0.4 is 5.32 Å². The van der Waals surface area contributed by atoms with Gasteiger partial charge in [-0.2, -0.15) is 0 Å². The Morgan fingerprint density at radius 1 is 1.62 bits per heavy atom. The number of aryl methyl sites for hydroxylation is 1. The fourth-order valence-corrected chi connectivity index (χ4v) is 1.09. The van der Waals surface area contributed by atoms with E-state index < -0.39 is 0 Å². The molecule has 0 bridgehead atoms. The van der Waals surface area contributed by atoms with Gasteiger partial charge >= 0.3 is 0 Å². The minimum Gasteiger partial charge on any atom is -0.361 e. The molecule has 0 saturated heterocycles. The zero-order valence-electron chi connectivity index (χ0n) is 8.63. The predicted molar refractivity (Wildman–Crippen MR) is 52.4 cm³/mol. The van der Waals surface area contributed by atoms with Crippen molar-refractivity contribution in [3.63, 3.8) is 0 Å². The molecule has 0 radical (unpaired) electrons. The number of rotatable bonds is 5. The number of aromatic nitrogens is 1. The summed E-state index contributed by atoms with van der Waals surface area (Å²) < 4.78 is 4.96. The average Bonchev–Trinajstić information content (AvgIpc) is 2.51. The second kappa shape index (κ2) is 5.02. The molecule has 0 fully saturated rings. The largest absolute Gasteiger partial charge is 0.361 e. The van der Waals surface area contributed by atoms with E-state index in [0.29, 0.717) is 0 Å². The number of nitrogens with one attached hydrogen (secondary N) is 1. The van der Waals surface area contributed by atoms with Crippen LogP contribution in [0.5, 0.6) is 0 Å². The van der Waals surface area contributed by atoms with Gasteiger partial charge < -0.3 is 9.84 Å². The molecule has 1 heterocycles. The summed E-state index contributed by atoms with van der Waals surface area (Å²) in [6, 6.07) is 1.96. The Labute approximate surface area is 79.5 Å². The smallest absolute Gasteiger partial charge is 0.133 e. The maximum absolute atomic E-state index is 4.96. The normalized spacial score (nSPS) is 13.2. The van der Waals surface area contributed by atoms with Crippen molar-refractivity contribution in [2.24, 2.45) is 5.92 Å². The van der Waals surface area contributed by atoms with Crippen LogP contribution in [0.15, 0.2) is 10.6 Å². The van der Waals surface area contributed by atoms with Crippen LogP contribution in [0.4, 0.5) is 0 Å². The molecule has 1 N–H and O–H groups in total. The number of hydrogen-bond acceptors (Lipinski definition) is 3. The van der Waals surface area contributed by atoms with Crippen molar-refractivity contribution >= 4 is 0 Å². The SMILES string of the molecule is CCC(C)CNCc1cc(C)on1. The van der Waals surface area contributed by atoms with Crippen molar-refractivity contribution in [2.75, 3.05) is 6.54 Å². The molecule has 0 aliphatic carbocycles. The lowest BCUT2D eigenvalue weighted by Gasteiger charge is -2.07. The summed E-state index contributed by atoms with van der Waals surface area (Å²) in [7, 11) is 0. The van der Waals surface area contributed by atoms with Gasteiger partial charge in [0.15, 0.2) is 0 Å². The zero-order chi connectivity index (χ0) is 9.68. The number of nitrogens with zero attached hydrogens (tertiary/aromatic N) is 1. The Morgan fingerprint density at radius 3 is 2.92 bits per heavy atom. The molecule has 1 rings (SSSR count). The van der Waals surface area contributed by atoms with Crippen molar-refractivity contribution < 1.29 is 4.52 Å². The number of hydrogen-bond donors (Lipinski definition) is 1. The van der Waals surface area contributed by atoms with Gasteiger partial charge in [0.2, 0.25) is 0 Å². The van der Waals surface area contributed by atoms with E-state index in [9.17, 15) is 0 Å². The molecular formula is C10H18N2O. The first-order chi connectivity index (χ1) is 6.22. The fraction of sp³-hybridized carbons (Fsp3) is 0.700. The molecule has 1 aromatic heterocycles. The maximum Gasteiger partial charge on any atom is 0.133 e. The summed E-state index contributed by atoms with van der Waals surface area (Å²) in [5.74, 6) is 1.60. The van der Waals surface area contributed by atoms with Gasteiger partial charge in [0.1, 0.15) is 5.76 Å². The molecule has 0 aliphatic rings. The van der Waals surface area contributed by atoms with Gasteiger partial charge in [0.25, 0.3) is 0 Å². The van der Waals surface area contributed by atoms with E-state index in [1.54, 1.807) is 0 Å². The summed E-state index contributed by atoms with van der Waals surface area (Å²) in [5, 5.41) is 7.24. The van der Waals surface area contributed by atoms with Crippen LogP contribution in [0.3, 0.4) is 0 Å². The molecular weight excluding hydrogens is 164 g/mol. The lowest BCUT2D eigenvalue weighted by molar-refractivity contribution is 0.386. The third-order valence-electron chi connectivity index (χ3n) is 2.17. The molecule has 0 saturated carbocycles. The van der Waals surface area contributed by atoms with Gasteiger partial charge in [0, 0.05) is 12.6 Å². The van der Waals surface area contributed by atoms with Crippen LogP contribution >= 0.6 is 0 Å². The molecule has 13 heavy (non-hydrogen) atoms. The molecule has 1 aromatic rings. The van der Waals surface area contributed by atoms with E-state index in [1.165, 1.54) is 6.42 Å². The Balaban J connectivity index is 2.20. The summed E-state index contributed by atoms with van der Waals surface area (Å²) in [6.07, 6.45) is 1.21. The third-order valence-corrected chi connectivity index (χ3v) is 2.17. The van der Waals surface area contributed by atoms with E-state index in [0.717, 1.165) is 30.5 Å². The van der Waals surface area contributed by atoms with E-state index in [2.05, 4.69) is 24.3 Å². The Hall–Kier alpha value is -0.830. The second-order valence-electron chi connectivity index (χ2n) is 3.57. The Kier molecular flexibility index (Phi) is 3.96. The van der Waals surface area contributed by atoms with E-state index in [-0.39, 0.29) is 0 Å². The summed E-state index contributed by atoms with van der Waals surface area (Å²) >= 11 is 0. The zero-order valence-corrected chi connectivity index (χ0v) is 8.63. The molecule has 3 nitrogen and oxygen atoms in total. The third kappa shape index (κ3) is 3.59. The molecule has 0 amide bonds. The summed E-state index contributed by atoms with van der Waals surface area (Å²) in [6.45, 7) is 8.20. The highest BCUT2D eigenvalue weighted by molar-refractivity contribution is 5.02. The Morgan fingerprint density at radius 2 is 2.38 bits per heavy atom. The molecule has 0 aromatic carbocycles. The standard InChI is InChI=1S/C10H18N2O/c1-4-8(2)6-11-7-10-5-9(3)13-12-10/h5,8,11H,4,6-7H2,1-3H3. The van der Waals surface area contributed by atoms with Crippen molar-refractivity contribution in [3.05, 3.63) is 17.5 Å². The van der Waals surface area contributed by atoms with Crippen LogP contribution in [-0.2, 0) is 6.54 Å². The van der Waals surface area contributed by atoms with Crippen LogP contribution in [0, 0.1) is 12.8 Å². The van der Waals surface area contributed by atoms with E-state index >= 15 is 0 Å². The minimum atomic E-state index is 0.730. The summed E-state index contributed by atoms with van der Waals surface area (Å²) in [4.78, 5) is 0. The molecule has 74 valence electrons. The van der Waals surface area contributed by atoms with Crippen LogP contribution in [0.25, 0.3) is 0 Å². The topological polar surface area (TPSA) is 38.1 Å². The molecule has 1 unspecified atom stereocenters. The molecule has 3 heteroatoms. The van der Waals surface area contributed by atoms with Crippen molar-refractivity contribution in [1.29, 1.82) is 0 Å². The van der Waals surface area contributed by atoms with Gasteiger partial charge in [0.05, 0.1) is 5.69 Å². The molecule has 0 spiro atoms. The van der Waals surface area contributed by atoms with Gasteiger partial charge in [-0.1, -0.05) is 25.4 Å². The van der Waals surface area contributed by atoms with E-state index in [1.807, 2.05) is 13.0 Å². The second-order valence-corrected chi connectivity index (χ2v) is 3.57.